The molecule has 8 rings (SSSR count). The van der Waals surface area contributed by atoms with Gasteiger partial charge in [0.25, 0.3) is 5.91 Å². The molecule has 0 aromatic carbocycles. The van der Waals surface area contributed by atoms with E-state index in [9.17, 15) is 70.9 Å². The van der Waals surface area contributed by atoms with Gasteiger partial charge >= 0.3 is 5.97 Å². The number of fused-ring (bicyclic) bond motifs is 7. The molecule has 7 fully saturated rings. The predicted octanol–water partition coefficient (Wildman–Crippen LogP) is -2.53. The van der Waals surface area contributed by atoms with E-state index in [1.165, 1.54) is 37.7 Å². The summed E-state index contributed by atoms with van der Waals surface area (Å²) in [4.78, 5) is 55.2. The Balaban J connectivity index is 1.11. The summed E-state index contributed by atoms with van der Waals surface area (Å²) >= 11 is 0. The molecule has 0 spiro atoms. The van der Waals surface area contributed by atoms with Gasteiger partial charge < -0.3 is 86.1 Å². The van der Waals surface area contributed by atoms with Crippen LogP contribution in [0.5, 0.6) is 0 Å². The lowest BCUT2D eigenvalue weighted by atomic mass is 9.46. The lowest BCUT2D eigenvalue weighted by Crippen LogP contribution is -2.71. The van der Waals surface area contributed by atoms with Gasteiger partial charge in [0.2, 0.25) is 5.91 Å². The lowest BCUT2D eigenvalue weighted by Gasteiger charge is -2.59. The van der Waals surface area contributed by atoms with Crippen molar-refractivity contribution in [2.24, 2.45) is 52.1 Å². The van der Waals surface area contributed by atoms with Crippen LogP contribution >= 0.6 is 0 Å². The fourth-order valence-corrected chi connectivity index (χ4v) is 14.8. The summed E-state index contributed by atoms with van der Waals surface area (Å²) in [6.07, 6.45) is -21.8. The summed E-state index contributed by atoms with van der Waals surface area (Å²) < 4.78 is 35.1. The molecule has 2 bridgehead atoms. The van der Waals surface area contributed by atoms with Crippen molar-refractivity contribution >= 4 is 17.6 Å². The summed E-state index contributed by atoms with van der Waals surface area (Å²) in [6.45, 7) is 5.83. The maximum atomic E-state index is 15.1. The largest absolute Gasteiger partial charge is 0.394 e. The molecule has 25 nitrogen and oxygen atoms in total. The Morgan fingerprint density at radius 2 is 1.37 bits per heavy atom. The SMILES string of the molecule is CC(C)CCC[C@@H](C)[C@H]1CCC2C3CCC4=CC(OOC5CC(=O)[C@]6(CO)O[C@@H](OC(O[C@@H]7O[C@H](CO)[C@H](O)[C@H](O)[C@H]7O)(O[C@@H]7O[C@H](CO)[C@H](O)[C@H](O)[C@H]7O)CN(CC(N)=O)C5=O)[C@H](O)[C@@H](O)[C@H]6O)CC[C@]4(C)C3CC[C@@]21C. The molecule has 14 N–H and O–H groups in total. The average Bonchev–Trinajstić information content (AvgIpc) is 3.88. The van der Waals surface area contributed by atoms with Crippen molar-refractivity contribution in [1.29, 1.82) is 0 Å². The first-order chi connectivity index (χ1) is 36.8. The number of Topliss-reactive ketones (excluding diaryl/α,β-unsaturated/α-hetero) is 1. The van der Waals surface area contributed by atoms with Crippen LogP contribution in [-0.4, -0.2) is 226 Å². The molecule has 78 heavy (non-hydrogen) atoms. The number of aliphatic hydroxyl groups excluding tert-OH is 12. The van der Waals surface area contributed by atoms with Crippen molar-refractivity contribution in [3.63, 3.8) is 0 Å². The van der Waals surface area contributed by atoms with E-state index in [0.29, 0.717) is 53.2 Å². The summed E-state index contributed by atoms with van der Waals surface area (Å²) in [7, 11) is 0. The van der Waals surface area contributed by atoms with Gasteiger partial charge in [-0.3, -0.25) is 28.6 Å². The molecule has 3 saturated carbocycles. The van der Waals surface area contributed by atoms with E-state index in [-0.39, 0.29) is 10.8 Å². The molecule has 0 aromatic heterocycles. The highest BCUT2D eigenvalue weighted by Gasteiger charge is 2.64. The lowest BCUT2D eigenvalue weighted by molar-refractivity contribution is -0.511. The van der Waals surface area contributed by atoms with Crippen LogP contribution < -0.4 is 5.73 Å². The van der Waals surface area contributed by atoms with Crippen LogP contribution in [-0.2, 0) is 52.6 Å². The quantitative estimate of drug-likeness (QED) is 0.0309. The average molecular weight is 1120 g/mol. The normalized spacial score (nSPS) is 46.4. The third-order valence-corrected chi connectivity index (χ3v) is 19.3. The van der Waals surface area contributed by atoms with Crippen molar-refractivity contribution in [1.82, 2.24) is 4.90 Å². The molecule has 4 heterocycles. The Morgan fingerprint density at radius 1 is 0.744 bits per heavy atom. The summed E-state index contributed by atoms with van der Waals surface area (Å²) in [5, 5.41) is 131. The number of carbonyl (C=O) groups is 3. The zero-order valence-corrected chi connectivity index (χ0v) is 45.2. The Hall–Kier alpha value is -2.45. The van der Waals surface area contributed by atoms with Crippen molar-refractivity contribution in [3.05, 3.63) is 11.6 Å². The van der Waals surface area contributed by atoms with E-state index in [0.717, 1.165) is 25.7 Å². The molecule has 0 radical (unpaired) electrons. The number of nitrogens with zero attached hydrogens (tertiary/aromatic N) is 1. The van der Waals surface area contributed by atoms with Crippen LogP contribution in [0.2, 0.25) is 0 Å². The highest BCUT2D eigenvalue weighted by molar-refractivity contribution is 5.95. The molecule has 446 valence electrons. The van der Waals surface area contributed by atoms with Crippen molar-refractivity contribution in [2.75, 3.05) is 32.9 Å². The van der Waals surface area contributed by atoms with Gasteiger partial charge in [0.15, 0.2) is 36.4 Å². The minimum Gasteiger partial charge on any atom is -0.394 e. The van der Waals surface area contributed by atoms with E-state index >= 15 is 4.79 Å². The van der Waals surface area contributed by atoms with E-state index in [4.69, 9.17) is 43.9 Å². The third-order valence-electron chi connectivity index (χ3n) is 19.3. The fourth-order valence-electron chi connectivity index (χ4n) is 14.8. The van der Waals surface area contributed by atoms with Gasteiger partial charge in [-0.25, -0.2) is 9.78 Å². The minimum absolute atomic E-state index is 0.154. The number of aliphatic hydroxyl groups is 12. The molecular weight excluding hydrogens is 1030 g/mol. The number of hydrogen-bond donors (Lipinski definition) is 13. The maximum absolute atomic E-state index is 15.1. The van der Waals surface area contributed by atoms with Gasteiger partial charge in [0, 0.05) is 6.42 Å². The molecule has 0 aromatic rings. The second-order valence-electron chi connectivity index (χ2n) is 24.5. The van der Waals surface area contributed by atoms with Gasteiger partial charge in [-0.05, 0) is 97.7 Å². The number of ether oxygens (including phenoxy) is 6. The highest BCUT2D eigenvalue weighted by atomic mass is 17.2. The summed E-state index contributed by atoms with van der Waals surface area (Å²) in [5.41, 5.74) is 4.01. The highest BCUT2D eigenvalue weighted by Crippen LogP contribution is 2.68. The van der Waals surface area contributed by atoms with Crippen LogP contribution in [0.15, 0.2) is 11.6 Å². The second kappa shape index (κ2) is 24.4. The van der Waals surface area contributed by atoms with Crippen LogP contribution in [0.4, 0.5) is 0 Å². The number of carbonyl (C=O) groups excluding carboxylic acids is 3. The second-order valence-corrected chi connectivity index (χ2v) is 24.5. The number of ketones is 1. The van der Waals surface area contributed by atoms with Crippen LogP contribution in [0.25, 0.3) is 0 Å². The molecule has 25 heteroatoms. The van der Waals surface area contributed by atoms with E-state index < -0.39 is 167 Å². The van der Waals surface area contributed by atoms with Gasteiger partial charge in [-0.1, -0.05) is 65.5 Å². The topological polar surface area (TPSA) is 397 Å². The zero-order chi connectivity index (χ0) is 57.0. The molecule has 4 saturated heterocycles. The first kappa shape index (κ1) is 61.6. The van der Waals surface area contributed by atoms with E-state index in [2.05, 4.69) is 34.6 Å². The molecule has 24 atom stereocenters. The third kappa shape index (κ3) is 11.6. The zero-order valence-electron chi connectivity index (χ0n) is 45.2. The smallest absolute Gasteiger partial charge is 0.308 e. The molecule has 4 aliphatic heterocycles. The van der Waals surface area contributed by atoms with Crippen LogP contribution in [0.1, 0.15) is 112 Å². The molecular formula is C53H86N2O23. The van der Waals surface area contributed by atoms with Crippen LogP contribution in [0, 0.1) is 46.3 Å². The first-order valence-corrected chi connectivity index (χ1v) is 27.9. The number of rotatable bonds is 17. The van der Waals surface area contributed by atoms with Gasteiger partial charge in [0.1, 0.15) is 79.8 Å². The standard InChI is InChI=1S/C53H86N2O23/c1-24(2)7-6-8-25(3)29-11-12-30-28-10-9-26-17-27(13-15-50(26,4)31(28)14-16-51(29,30)5)77-78-32-18-35(59)52(23-58)45(69)41(65)44(68)49(73-52)76-53(22-55(46(32)70)19-36(54)60,74-47-42(66)39(63)37(61)33(20-56)71-47)75-48-43(67)40(64)38(62)34(21-57)72-48/h17,24-25,27-34,37-45,47-49,56-58,61-69H,6-16,18-23H2,1-5H3,(H2,54,60)/t25-,27?,28?,29-,30?,31?,32?,33-,34-,37+,38+,39+,40+,41-,42-,43-,44-,45-,47+,48+,49+,50+,51-,52+/m1/s1. The number of allylic oxidation sites excluding steroid dienone is 1. The molecule has 2 amide bonds. The van der Waals surface area contributed by atoms with Gasteiger partial charge in [0.05, 0.1) is 26.4 Å². The molecule has 5 unspecified atom stereocenters. The Kier molecular flexibility index (Phi) is 19.3. The number of nitrogens with two attached hydrogens (primary N) is 1. The van der Waals surface area contributed by atoms with E-state index in [1.807, 2.05) is 6.08 Å². The summed E-state index contributed by atoms with van der Waals surface area (Å²) in [6, 6.07) is 0. The van der Waals surface area contributed by atoms with Gasteiger partial charge in [-0.2, -0.15) is 0 Å². The van der Waals surface area contributed by atoms with E-state index in [1.54, 1.807) is 0 Å². The minimum atomic E-state index is -3.46. The fraction of sp³-hybridized carbons (Fsp3) is 0.906. The first-order valence-electron chi connectivity index (χ1n) is 27.9. The number of hydrogen-bond acceptors (Lipinski definition) is 23. The van der Waals surface area contributed by atoms with Gasteiger partial charge in [-0.15, -0.1) is 0 Å². The Morgan fingerprint density at radius 3 is 1.95 bits per heavy atom. The van der Waals surface area contributed by atoms with Crippen LogP contribution in [0.3, 0.4) is 0 Å². The molecule has 8 aliphatic rings. The summed E-state index contributed by atoms with van der Waals surface area (Å²) in [5.74, 6) is -3.72. The molecule has 4 aliphatic carbocycles. The van der Waals surface area contributed by atoms with Crippen molar-refractivity contribution < 1.29 is 114 Å². The van der Waals surface area contributed by atoms with Crippen molar-refractivity contribution in [2.45, 2.75) is 221 Å². The van der Waals surface area contributed by atoms with Crippen molar-refractivity contribution in [3.8, 4) is 0 Å². The predicted molar refractivity (Wildman–Crippen MR) is 264 cm³/mol. The monoisotopic (exact) mass is 1120 g/mol. The number of primary amides is 1. The number of amides is 2. The Labute approximate surface area is 453 Å². The Bertz CT molecular complexity index is 2080. The maximum Gasteiger partial charge on any atom is 0.308 e.